The van der Waals surface area contributed by atoms with Gasteiger partial charge in [0.1, 0.15) is 11.6 Å². The van der Waals surface area contributed by atoms with Crippen LogP contribution in [-0.4, -0.2) is 24.5 Å². The first kappa shape index (κ1) is 17.2. The van der Waals surface area contributed by atoms with Crippen molar-refractivity contribution in [3.05, 3.63) is 26.7 Å². The Kier molecular flexibility index (Phi) is 5.18. The fourth-order valence-electron chi connectivity index (χ4n) is 2.79. The van der Waals surface area contributed by atoms with Gasteiger partial charge in [-0.15, -0.1) is 0 Å². The van der Waals surface area contributed by atoms with Gasteiger partial charge in [-0.2, -0.15) is 0 Å². The molecule has 0 spiro atoms. The van der Waals surface area contributed by atoms with Crippen LogP contribution in [0, 0.1) is 0 Å². The summed E-state index contributed by atoms with van der Waals surface area (Å²) in [5.41, 5.74) is 0.227. The highest BCUT2D eigenvalue weighted by Crippen LogP contribution is 2.14. The molecule has 0 fully saturated rings. The average molecular weight is 320 g/mol. The zero-order chi connectivity index (χ0) is 17.1. The molecule has 7 nitrogen and oxygen atoms in total. The SMILES string of the molecule is CCCc1nc2c(c(=O)n(C)c(=O)n2C)n1CCCCC(C)=O. The van der Waals surface area contributed by atoms with Crippen molar-refractivity contribution in [3.63, 3.8) is 0 Å². The minimum Gasteiger partial charge on any atom is -0.322 e. The van der Waals surface area contributed by atoms with Crippen LogP contribution >= 0.6 is 0 Å². The van der Waals surface area contributed by atoms with Crippen molar-refractivity contribution >= 4 is 16.9 Å². The van der Waals surface area contributed by atoms with Crippen LogP contribution in [-0.2, 0) is 31.9 Å². The van der Waals surface area contributed by atoms with E-state index in [1.807, 2.05) is 4.57 Å². The molecule has 0 bridgehead atoms. The summed E-state index contributed by atoms with van der Waals surface area (Å²) in [5.74, 6) is 0.996. The van der Waals surface area contributed by atoms with Crippen LogP contribution in [0.4, 0.5) is 0 Å². The molecule has 0 amide bonds. The molecule has 0 saturated carbocycles. The lowest BCUT2D eigenvalue weighted by Crippen LogP contribution is -2.37. The maximum absolute atomic E-state index is 12.5. The van der Waals surface area contributed by atoms with Gasteiger partial charge >= 0.3 is 5.69 Å². The molecule has 2 aromatic rings. The molecular weight excluding hydrogens is 296 g/mol. The Morgan fingerprint density at radius 3 is 2.43 bits per heavy atom. The van der Waals surface area contributed by atoms with Gasteiger partial charge in [0.15, 0.2) is 11.2 Å². The lowest BCUT2D eigenvalue weighted by Gasteiger charge is -2.09. The van der Waals surface area contributed by atoms with Crippen molar-refractivity contribution in [3.8, 4) is 0 Å². The zero-order valence-electron chi connectivity index (χ0n) is 14.3. The fraction of sp³-hybridized carbons (Fsp3) is 0.625. The molecule has 23 heavy (non-hydrogen) atoms. The van der Waals surface area contributed by atoms with E-state index in [1.165, 1.54) is 11.6 Å². The second kappa shape index (κ2) is 6.93. The number of carbonyl (C=O) groups is 1. The normalized spacial score (nSPS) is 11.3. The van der Waals surface area contributed by atoms with Gasteiger partial charge in [0.2, 0.25) is 0 Å². The second-order valence-electron chi connectivity index (χ2n) is 5.97. The number of unbranched alkanes of at least 4 members (excludes halogenated alkanes) is 1. The van der Waals surface area contributed by atoms with E-state index in [1.54, 1.807) is 14.0 Å². The molecule has 126 valence electrons. The van der Waals surface area contributed by atoms with Gasteiger partial charge in [-0.05, 0) is 26.2 Å². The monoisotopic (exact) mass is 320 g/mol. The number of nitrogens with zero attached hydrogens (tertiary/aromatic N) is 4. The van der Waals surface area contributed by atoms with Crippen LogP contribution < -0.4 is 11.2 Å². The topological polar surface area (TPSA) is 78.9 Å². The van der Waals surface area contributed by atoms with E-state index in [0.29, 0.717) is 24.1 Å². The van der Waals surface area contributed by atoms with Crippen LogP contribution in [0.3, 0.4) is 0 Å². The van der Waals surface area contributed by atoms with E-state index >= 15 is 0 Å². The smallest absolute Gasteiger partial charge is 0.322 e. The van der Waals surface area contributed by atoms with E-state index in [2.05, 4.69) is 11.9 Å². The highest BCUT2D eigenvalue weighted by atomic mass is 16.2. The van der Waals surface area contributed by atoms with E-state index in [0.717, 1.165) is 36.1 Å². The van der Waals surface area contributed by atoms with Gasteiger partial charge in [-0.1, -0.05) is 6.92 Å². The van der Waals surface area contributed by atoms with Gasteiger partial charge in [-0.25, -0.2) is 9.78 Å². The molecule has 0 radical (unpaired) electrons. The van der Waals surface area contributed by atoms with E-state index < -0.39 is 0 Å². The van der Waals surface area contributed by atoms with E-state index in [9.17, 15) is 14.4 Å². The number of hydrogen-bond donors (Lipinski definition) is 0. The van der Waals surface area contributed by atoms with Gasteiger partial charge in [-0.3, -0.25) is 13.9 Å². The third kappa shape index (κ3) is 3.28. The average Bonchev–Trinajstić information content (AvgIpc) is 2.86. The first-order valence-corrected chi connectivity index (χ1v) is 8.03. The predicted molar refractivity (Wildman–Crippen MR) is 88.7 cm³/mol. The summed E-state index contributed by atoms with van der Waals surface area (Å²) in [7, 11) is 3.11. The summed E-state index contributed by atoms with van der Waals surface area (Å²) in [4.78, 5) is 40.2. The molecule has 2 heterocycles. The molecule has 0 aliphatic rings. The van der Waals surface area contributed by atoms with Crippen molar-refractivity contribution < 1.29 is 4.79 Å². The molecule has 0 saturated heterocycles. The van der Waals surface area contributed by atoms with Crippen molar-refractivity contribution in [2.75, 3.05) is 0 Å². The van der Waals surface area contributed by atoms with Crippen LogP contribution in [0.2, 0.25) is 0 Å². The summed E-state index contributed by atoms with van der Waals surface area (Å²) in [6.45, 7) is 4.27. The van der Waals surface area contributed by atoms with Gasteiger partial charge < -0.3 is 9.36 Å². The Labute approximate surface area is 134 Å². The van der Waals surface area contributed by atoms with Gasteiger partial charge in [0.05, 0.1) is 0 Å². The number of aryl methyl sites for hydroxylation is 3. The third-order valence-corrected chi connectivity index (χ3v) is 4.06. The largest absolute Gasteiger partial charge is 0.332 e. The molecule has 2 rings (SSSR count). The minimum absolute atomic E-state index is 0.174. The Balaban J connectivity index is 2.51. The Morgan fingerprint density at radius 1 is 1.13 bits per heavy atom. The number of imidazole rings is 1. The van der Waals surface area contributed by atoms with Gasteiger partial charge in [0.25, 0.3) is 5.56 Å². The van der Waals surface area contributed by atoms with E-state index in [4.69, 9.17) is 0 Å². The van der Waals surface area contributed by atoms with Crippen molar-refractivity contribution in [1.29, 1.82) is 0 Å². The molecule has 0 N–H and O–H groups in total. The fourth-order valence-corrected chi connectivity index (χ4v) is 2.79. The molecule has 7 heteroatoms. The molecule has 0 aromatic carbocycles. The summed E-state index contributed by atoms with van der Waals surface area (Å²) < 4.78 is 4.45. The number of ketones is 1. The molecule has 0 aliphatic carbocycles. The second-order valence-corrected chi connectivity index (χ2v) is 5.97. The van der Waals surface area contributed by atoms with Crippen molar-refractivity contribution in [2.24, 2.45) is 14.1 Å². The molecule has 0 atom stereocenters. The third-order valence-electron chi connectivity index (χ3n) is 4.06. The first-order chi connectivity index (χ1) is 10.9. The lowest BCUT2D eigenvalue weighted by atomic mass is 10.2. The Bertz CT molecular complexity index is 842. The highest BCUT2D eigenvalue weighted by molar-refractivity contribution is 5.75. The minimum atomic E-state index is -0.369. The first-order valence-electron chi connectivity index (χ1n) is 8.03. The standard InChI is InChI=1S/C16H24N4O3/c1-5-8-12-17-14-13(15(22)19(4)16(23)18(14)3)20(12)10-7-6-9-11(2)21/h5-10H2,1-4H3. The molecule has 0 aliphatic heterocycles. The van der Waals surface area contributed by atoms with E-state index in [-0.39, 0.29) is 17.0 Å². The van der Waals surface area contributed by atoms with Crippen molar-refractivity contribution in [2.45, 2.75) is 52.5 Å². The van der Waals surface area contributed by atoms with Crippen LogP contribution in [0.5, 0.6) is 0 Å². The number of fused-ring (bicyclic) bond motifs is 1. The number of Topliss-reactive ketones (excluding diaryl/α,β-unsaturated/α-hetero) is 1. The Hall–Kier alpha value is -2.18. The molecular formula is C16H24N4O3. The highest BCUT2D eigenvalue weighted by Gasteiger charge is 2.18. The quantitative estimate of drug-likeness (QED) is 0.717. The summed E-state index contributed by atoms with van der Waals surface area (Å²) in [5, 5.41) is 0. The predicted octanol–water partition coefficient (Wildman–Crippen LogP) is 1.15. The summed E-state index contributed by atoms with van der Waals surface area (Å²) in [6, 6.07) is 0. The summed E-state index contributed by atoms with van der Waals surface area (Å²) in [6.07, 6.45) is 3.79. The lowest BCUT2D eigenvalue weighted by molar-refractivity contribution is -0.117. The van der Waals surface area contributed by atoms with Crippen molar-refractivity contribution in [1.82, 2.24) is 18.7 Å². The number of carbonyl (C=O) groups excluding carboxylic acids is 1. The zero-order valence-corrected chi connectivity index (χ0v) is 14.3. The van der Waals surface area contributed by atoms with Crippen LogP contribution in [0.25, 0.3) is 11.2 Å². The number of hydrogen-bond acceptors (Lipinski definition) is 4. The van der Waals surface area contributed by atoms with Gasteiger partial charge in [0, 0.05) is 33.5 Å². The molecule has 2 aromatic heterocycles. The maximum atomic E-state index is 12.5. The maximum Gasteiger partial charge on any atom is 0.332 e. The molecule has 0 unspecified atom stereocenters. The van der Waals surface area contributed by atoms with Crippen LogP contribution in [0.15, 0.2) is 9.59 Å². The summed E-state index contributed by atoms with van der Waals surface area (Å²) >= 11 is 0. The Morgan fingerprint density at radius 2 is 1.83 bits per heavy atom. The van der Waals surface area contributed by atoms with Crippen LogP contribution in [0.1, 0.15) is 45.4 Å². The number of aromatic nitrogens is 4. The number of rotatable bonds is 7.